The summed E-state index contributed by atoms with van der Waals surface area (Å²) in [6.45, 7) is 5.76. The zero-order chi connectivity index (χ0) is 28.0. The van der Waals surface area contributed by atoms with Gasteiger partial charge in [-0.1, -0.05) is 50.8 Å². The summed E-state index contributed by atoms with van der Waals surface area (Å²) >= 11 is 0. The van der Waals surface area contributed by atoms with Gasteiger partial charge in [0.1, 0.15) is 5.82 Å². The standard InChI is InChI=1S/C31H43FN2O5/c1-3-4-5-6-7-18-34(31(37)33-26-16-14-25(32)15-17-26)19-20-38-27-12-9-13-28(21-27)39-22-24-11-8-10-23(2)29(24)30(35)36/h8,10-11,14-17,27-28H,3-7,9,12-13,18-22H2,1-2H3,(H,33,37)(H,35,36). The Bertz CT molecular complexity index is 1050. The second-order valence-electron chi connectivity index (χ2n) is 10.3. The molecule has 1 fully saturated rings. The summed E-state index contributed by atoms with van der Waals surface area (Å²) in [7, 11) is 0. The lowest BCUT2D eigenvalue weighted by molar-refractivity contribution is -0.0523. The SMILES string of the molecule is CCCCCCCN(CCOC1CCCC(OCc2cccc(C)c2C(=O)O)C1)C(=O)Nc1ccc(F)cc1. The maximum absolute atomic E-state index is 13.3. The van der Waals surface area contributed by atoms with E-state index in [1.54, 1.807) is 36.1 Å². The number of nitrogens with one attached hydrogen (secondary N) is 1. The van der Waals surface area contributed by atoms with Gasteiger partial charge in [-0.15, -0.1) is 0 Å². The van der Waals surface area contributed by atoms with Crippen LogP contribution in [0.4, 0.5) is 14.9 Å². The molecule has 2 atom stereocenters. The molecule has 39 heavy (non-hydrogen) atoms. The quantitative estimate of drug-likeness (QED) is 0.233. The molecule has 7 nitrogen and oxygen atoms in total. The molecule has 2 amide bonds. The average Bonchev–Trinajstić information content (AvgIpc) is 2.92. The Morgan fingerprint density at radius 2 is 1.72 bits per heavy atom. The van der Waals surface area contributed by atoms with Crippen molar-refractivity contribution in [3.8, 4) is 0 Å². The first-order valence-corrected chi connectivity index (χ1v) is 14.2. The number of urea groups is 1. The van der Waals surface area contributed by atoms with Gasteiger partial charge in [-0.05, 0) is 74.4 Å². The van der Waals surface area contributed by atoms with Crippen LogP contribution in [0, 0.1) is 12.7 Å². The summed E-state index contributed by atoms with van der Waals surface area (Å²) in [6.07, 6.45) is 9.11. The van der Waals surface area contributed by atoms with E-state index in [1.807, 2.05) is 6.07 Å². The molecule has 2 N–H and O–H groups in total. The summed E-state index contributed by atoms with van der Waals surface area (Å²) in [4.78, 5) is 26.4. The summed E-state index contributed by atoms with van der Waals surface area (Å²) in [5, 5.41) is 12.4. The lowest BCUT2D eigenvalue weighted by atomic mass is 9.94. The molecular weight excluding hydrogens is 499 g/mol. The summed E-state index contributed by atoms with van der Waals surface area (Å²) in [6, 6.07) is 11.0. The molecule has 8 heteroatoms. The highest BCUT2D eigenvalue weighted by Crippen LogP contribution is 2.25. The molecule has 0 bridgehead atoms. The molecule has 0 heterocycles. The Labute approximate surface area is 231 Å². The lowest BCUT2D eigenvalue weighted by Crippen LogP contribution is -2.39. The lowest BCUT2D eigenvalue weighted by Gasteiger charge is -2.30. The number of nitrogens with zero attached hydrogens (tertiary/aromatic N) is 1. The number of aromatic carboxylic acids is 1. The molecule has 1 aliphatic carbocycles. The number of hydrogen-bond acceptors (Lipinski definition) is 4. The number of ether oxygens (including phenoxy) is 2. The van der Waals surface area contributed by atoms with E-state index in [0.29, 0.717) is 36.5 Å². The number of benzene rings is 2. The van der Waals surface area contributed by atoms with Crippen LogP contribution >= 0.6 is 0 Å². The average molecular weight is 543 g/mol. The fourth-order valence-corrected chi connectivity index (χ4v) is 5.05. The van der Waals surface area contributed by atoms with Gasteiger partial charge in [0, 0.05) is 18.8 Å². The van der Waals surface area contributed by atoms with Gasteiger partial charge in [0.05, 0.1) is 31.0 Å². The van der Waals surface area contributed by atoms with Crippen LogP contribution in [0.1, 0.15) is 86.2 Å². The van der Waals surface area contributed by atoms with Crippen LogP contribution in [-0.4, -0.2) is 53.9 Å². The monoisotopic (exact) mass is 542 g/mol. The largest absolute Gasteiger partial charge is 0.478 e. The Morgan fingerprint density at radius 1 is 1.00 bits per heavy atom. The molecular formula is C31H43FN2O5. The van der Waals surface area contributed by atoms with Crippen molar-refractivity contribution in [3.63, 3.8) is 0 Å². The number of carbonyl (C=O) groups excluding carboxylic acids is 1. The smallest absolute Gasteiger partial charge is 0.336 e. The summed E-state index contributed by atoms with van der Waals surface area (Å²) < 4.78 is 25.6. The van der Waals surface area contributed by atoms with Crippen molar-refractivity contribution in [2.24, 2.45) is 0 Å². The maximum atomic E-state index is 13.3. The van der Waals surface area contributed by atoms with Gasteiger partial charge in [0.25, 0.3) is 0 Å². The van der Waals surface area contributed by atoms with E-state index in [0.717, 1.165) is 50.5 Å². The van der Waals surface area contributed by atoms with E-state index in [-0.39, 0.29) is 30.7 Å². The van der Waals surface area contributed by atoms with Crippen LogP contribution < -0.4 is 5.32 Å². The van der Waals surface area contributed by atoms with E-state index >= 15 is 0 Å². The number of anilines is 1. The van der Waals surface area contributed by atoms with E-state index in [4.69, 9.17) is 9.47 Å². The second-order valence-corrected chi connectivity index (χ2v) is 10.3. The second kappa shape index (κ2) is 16.2. The van der Waals surface area contributed by atoms with Crippen LogP contribution in [0.5, 0.6) is 0 Å². The Morgan fingerprint density at radius 3 is 2.44 bits per heavy atom. The van der Waals surface area contributed by atoms with Gasteiger partial charge < -0.3 is 24.8 Å². The molecule has 2 aromatic rings. The first kappa shape index (κ1) is 30.6. The van der Waals surface area contributed by atoms with E-state index in [2.05, 4.69) is 12.2 Å². The van der Waals surface area contributed by atoms with Crippen LogP contribution in [0.2, 0.25) is 0 Å². The molecule has 0 saturated heterocycles. The van der Waals surface area contributed by atoms with Gasteiger partial charge in [0.15, 0.2) is 0 Å². The Hall–Kier alpha value is -2.97. The van der Waals surface area contributed by atoms with Crippen molar-refractivity contribution in [1.29, 1.82) is 0 Å². The molecule has 3 rings (SSSR count). The highest BCUT2D eigenvalue weighted by atomic mass is 19.1. The van der Waals surface area contributed by atoms with E-state index in [9.17, 15) is 19.1 Å². The molecule has 0 spiro atoms. The zero-order valence-electron chi connectivity index (χ0n) is 23.3. The Balaban J connectivity index is 1.48. The highest BCUT2D eigenvalue weighted by Gasteiger charge is 2.24. The summed E-state index contributed by atoms with van der Waals surface area (Å²) in [5.74, 6) is -1.28. The van der Waals surface area contributed by atoms with Crippen molar-refractivity contribution in [3.05, 3.63) is 65.0 Å². The fraction of sp³-hybridized carbons (Fsp3) is 0.548. The van der Waals surface area contributed by atoms with Gasteiger partial charge >= 0.3 is 12.0 Å². The van der Waals surface area contributed by atoms with Gasteiger partial charge in [-0.25, -0.2) is 14.0 Å². The van der Waals surface area contributed by atoms with Crippen molar-refractivity contribution < 1.29 is 28.6 Å². The number of rotatable bonds is 15. The molecule has 2 aromatic carbocycles. The third-order valence-electron chi connectivity index (χ3n) is 7.25. The van der Waals surface area contributed by atoms with E-state index in [1.165, 1.54) is 25.0 Å². The topological polar surface area (TPSA) is 88.1 Å². The predicted octanol–water partition coefficient (Wildman–Crippen LogP) is 7.18. The molecule has 214 valence electrons. The number of unbranched alkanes of at least 4 members (excludes halogenated alkanes) is 4. The van der Waals surface area contributed by atoms with Crippen LogP contribution in [-0.2, 0) is 16.1 Å². The number of carboxylic acid groups (broad SMARTS) is 1. The predicted molar refractivity (Wildman–Crippen MR) is 151 cm³/mol. The first-order chi connectivity index (χ1) is 18.9. The number of hydrogen-bond donors (Lipinski definition) is 2. The van der Waals surface area contributed by atoms with Crippen LogP contribution in [0.3, 0.4) is 0 Å². The third-order valence-corrected chi connectivity index (χ3v) is 7.25. The van der Waals surface area contributed by atoms with Crippen molar-refractivity contribution in [2.45, 2.75) is 90.4 Å². The molecule has 1 saturated carbocycles. The van der Waals surface area contributed by atoms with Crippen LogP contribution in [0.25, 0.3) is 0 Å². The van der Waals surface area contributed by atoms with Gasteiger partial charge in [-0.2, -0.15) is 0 Å². The summed E-state index contributed by atoms with van der Waals surface area (Å²) in [5.41, 5.74) is 2.29. The maximum Gasteiger partial charge on any atom is 0.336 e. The molecule has 0 aliphatic heterocycles. The molecule has 0 radical (unpaired) electrons. The minimum Gasteiger partial charge on any atom is -0.478 e. The Kier molecular flexibility index (Phi) is 12.7. The number of carboxylic acids is 1. The molecule has 0 aromatic heterocycles. The number of amides is 2. The normalized spacial score (nSPS) is 17.1. The van der Waals surface area contributed by atoms with Crippen molar-refractivity contribution >= 4 is 17.7 Å². The third kappa shape index (κ3) is 10.3. The minimum atomic E-state index is -0.935. The first-order valence-electron chi connectivity index (χ1n) is 14.2. The zero-order valence-corrected chi connectivity index (χ0v) is 23.3. The van der Waals surface area contributed by atoms with Crippen LogP contribution in [0.15, 0.2) is 42.5 Å². The molecule has 1 aliphatic rings. The fourth-order valence-electron chi connectivity index (χ4n) is 5.05. The van der Waals surface area contributed by atoms with Crippen molar-refractivity contribution in [2.75, 3.05) is 25.0 Å². The number of halogens is 1. The van der Waals surface area contributed by atoms with Gasteiger partial charge in [0.2, 0.25) is 0 Å². The molecule has 2 unspecified atom stereocenters. The van der Waals surface area contributed by atoms with Gasteiger partial charge in [-0.3, -0.25) is 0 Å². The van der Waals surface area contributed by atoms with E-state index < -0.39 is 5.97 Å². The number of carbonyl (C=O) groups is 2. The van der Waals surface area contributed by atoms with Crippen molar-refractivity contribution in [1.82, 2.24) is 4.90 Å². The minimum absolute atomic E-state index is 0.00218. The number of aryl methyl sites for hydroxylation is 1. The highest BCUT2D eigenvalue weighted by molar-refractivity contribution is 5.91.